The molecule has 1 heterocycles. The van der Waals surface area contributed by atoms with Crippen molar-refractivity contribution in [3.63, 3.8) is 0 Å². The minimum Gasteiger partial charge on any atom is -0.445 e. The molecule has 2 aromatic rings. The summed E-state index contributed by atoms with van der Waals surface area (Å²) in [6, 6.07) is 18.3. The molecule has 182 valence electrons. The summed E-state index contributed by atoms with van der Waals surface area (Å²) in [5.41, 5.74) is 1.95. The van der Waals surface area contributed by atoms with Gasteiger partial charge in [0.2, 0.25) is 11.8 Å². The molecule has 1 aliphatic heterocycles. The molecule has 0 unspecified atom stereocenters. The molecule has 1 saturated heterocycles. The van der Waals surface area contributed by atoms with Crippen molar-refractivity contribution in [2.24, 2.45) is 5.92 Å². The van der Waals surface area contributed by atoms with Gasteiger partial charge in [0.25, 0.3) is 0 Å². The third-order valence-corrected chi connectivity index (χ3v) is 5.40. The van der Waals surface area contributed by atoms with Crippen molar-refractivity contribution >= 4 is 17.9 Å². The first-order chi connectivity index (χ1) is 16.4. The van der Waals surface area contributed by atoms with Gasteiger partial charge in [-0.2, -0.15) is 0 Å². The Kier molecular flexibility index (Phi) is 9.46. The Morgan fingerprint density at radius 3 is 2.18 bits per heavy atom. The van der Waals surface area contributed by atoms with Gasteiger partial charge in [-0.3, -0.25) is 9.59 Å². The summed E-state index contributed by atoms with van der Waals surface area (Å²) in [4.78, 5) is 37.4. The number of ether oxygens (including phenoxy) is 2. The first-order valence-electron chi connectivity index (χ1n) is 11.6. The van der Waals surface area contributed by atoms with Crippen LogP contribution in [0.25, 0.3) is 0 Å². The van der Waals surface area contributed by atoms with Crippen LogP contribution in [0.2, 0.25) is 0 Å². The van der Waals surface area contributed by atoms with Crippen LogP contribution in [0.15, 0.2) is 60.7 Å². The van der Waals surface area contributed by atoms with Crippen LogP contribution in [0.4, 0.5) is 4.79 Å². The minimum absolute atomic E-state index is 0.0272. The maximum atomic E-state index is 13.1. The van der Waals surface area contributed by atoms with E-state index in [1.165, 1.54) is 0 Å². The molecule has 0 aliphatic carbocycles. The van der Waals surface area contributed by atoms with E-state index in [1.54, 1.807) is 0 Å². The van der Waals surface area contributed by atoms with Crippen molar-refractivity contribution in [1.82, 2.24) is 16.0 Å². The van der Waals surface area contributed by atoms with Crippen molar-refractivity contribution < 1.29 is 23.9 Å². The largest absolute Gasteiger partial charge is 0.445 e. The predicted octanol–water partition coefficient (Wildman–Crippen LogP) is 2.57. The summed E-state index contributed by atoms with van der Waals surface area (Å²) in [5.74, 6) is -0.533. The highest BCUT2D eigenvalue weighted by Crippen LogP contribution is 2.18. The average molecular weight is 468 g/mol. The molecule has 3 N–H and O–H groups in total. The highest BCUT2D eigenvalue weighted by Gasteiger charge is 2.35. The maximum absolute atomic E-state index is 13.1. The summed E-state index contributed by atoms with van der Waals surface area (Å²) in [6.07, 6.45) is 0.395. The molecule has 0 radical (unpaired) electrons. The van der Waals surface area contributed by atoms with E-state index in [4.69, 9.17) is 9.47 Å². The molecule has 8 heteroatoms. The Bertz CT molecular complexity index is 932. The molecule has 0 bridgehead atoms. The normalized spacial score (nSPS) is 16.3. The van der Waals surface area contributed by atoms with E-state index in [-0.39, 0.29) is 37.1 Å². The molecular formula is C26H33N3O5. The van der Waals surface area contributed by atoms with Crippen LogP contribution in [0.3, 0.4) is 0 Å². The molecule has 0 spiro atoms. The summed E-state index contributed by atoms with van der Waals surface area (Å²) >= 11 is 0. The topological polar surface area (TPSA) is 109 Å². The fourth-order valence-corrected chi connectivity index (χ4v) is 3.59. The molecule has 8 nitrogen and oxygen atoms in total. The summed E-state index contributed by atoms with van der Waals surface area (Å²) < 4.78 is 10.6. The lowest BCUT2D eigenvalue weighted by molar-refractivity contribution is -0.129. The second-order valence-corrected chi connectivity index (χ2v) is 8.84. The number of carbonyl (C=O) groups excluding carboxylic acids is 3. The first-order valence-corrected chi connectivity index (χ1v) is 11.6. The zero-order valence-corrected chi connectivity index (χ0v) is 19.7. The van der Waals surface area contributed by atoms with Crippen molar-refractivity contribution in [1.29, 1.82) is 0 Å². The van der Waals surface area contributed by atoms with E-state index in [9.17, 15) is 14.4 Å². The van der Waals surface area contributed by atoms with Crippen molar-refractivity contribution in [2.75, 3.05) is 13.2 Å². The van der Waals surface area contributed by atoms with Gasteiger partial charge in [-0.1, -0.05) is 74.5 Å². The maximum Gasteiger partial charge on any atom is 0.407 e. The zero-order chi connectivity index (χ0) is 24.3. The van der Waals surface area contributed by atoms with E-state index in [0.717, 1.165) is 11.1 Å². The Hall–Kier alpha value is -3.39. The van der Waals surface area contributed by atoms with Gasteiger partial charge in [-0.05, 0) is 29.9 Å². The van der Waals surface area contributed by atoms with E-state index >= 15 is 0 Å². The Balaban J connectivity index is 1.48. The van der Waals surface area contributed by atoms with Gasteiger partial charge in [0, 0.05) is 0 Å². The summed E-state index contributed by atoms with van der Waals surface area (Å²) in [5, 5.41) is 8.22. The van der Waals surface area contributed by atoms with E-state index < -0.39 is 18.0 Å². The second-order valence-electron chi connectivity index (χ2n) is 8.84. The van der Waals surface area contributed by atoms with Gasteiger partial charge in [-0.15, -0.1) is 0 Å². The van der Waals surface area contributed by atoms with Gasteiger partial charge in [-0.25, -0.2) is 4.79 Å². The molecular weight excluding hydrogens is 434 g/mol. The van der Waals surface area contributed by atoms with Crippen LogP contribution < -0.4 is 16.0 Å². The highest BCUT2D eigenvalue weighted by molar-refractivity contribution is 5.89. The monoisotopic (exact) mass is 467 g/mol. The van der Waals surface area contributed by atoms with Crippen LogP contribution in [0.5, 0.6) is 0 Å². The molecule has 1 aliphatic rings. The molecule has 0 saturated carbocycles. The number of alkyl carbamates (subject to hydrolysis) is 1. The summed E-state index contributed by atoms with van der Waals surface area (Å²) in [6.45, 7) is 4.40. The van der Waals surface area contributed by atoms with Crippen LogP contribution in [0, 0.1) is 5.92 Å². The number of hydrogen-bond donors (Lipinski definition) is 3. The fraction of sp³-hybridized carbons (Fsp3) is 0.423. The summed E-state index contributed by atoms with van der Waals surface area (Å²) in [7, 11) is 0. The SMILES string of the molecule is CC(C)C[C@H](NC(=O)CNC(=O)OCc1ccccc1)C(=O)N[C@@H](Cc1ccccc1)[C@H]1CO1. The third kappa shape index (κ3) is 8.86. The Morgan fingerprint density at radius 1 is 0.971 bits per heavy atom. The highest BCUT2D eigenvalue weighted by atomic mass is 16.6. The molecule has 34 heavy (non-hydrogen) atoms. The quantitative estimate of drug-likeness (QED) is 0.416. The van der Waals surface area contributed by atoms with Gasteiger partial charge in [0.1, 0.15) is 25.3 Å². The zero-order valence-electron chi connectivity index (χ0n) is 19.7. The van der Waals surface area contributed by atoms with E-state index in [2.05, 4.69) is 16.0 Å². The fourth-order valence-electron chi connectivity index (χ4n) is 3.59. The number of epoxide rings is 1. The lowest BCUT2D eigenvalue weighted by Crippen LogP contribution is -2.53. The Morgan fingerprint density at radius 2 is 1.59 bits per heavy atom. The number of nitrogens with one attached hydrogen (secondary N) is 3. The van der Waals surface area contributed by atoms with Crippen molar-refractivity contribution in [3.05, 3.63) is 71.8 Å². The molecule has 1 fully saturated rings. The predicted molar refractivity (Wildman–Crippen MR) is 128 cm³/mol. The molecule has 3 amide bonds. The number of benzene rings is 2. The average Bonchev–Trinajstić information content (AvgIpc) is 3.67. The standard InChI is InChI=1S/C26H33N3O5/c1-18(2)13-22(25(31)29-21(23-17-33-23)14-19-9-5-3-6-10-19)28-24(30)15-27-26(32)34-16-20-11-7-4-8-12-20/h3-12,18,21-23H,13-17H2,1-2H3,(H,27,32)(H,28,30)(H,29,31)/t21-,22-,23+/m0/s1. The Labute approximate surface area is 200 Å². The molecule has 2 aromatic carbocycles. The number of amides is 3. The van der Waals surface area contributed by atoms with Crippen LogP contribution in [-0.4, -0.2) is 49.2 Å². The van der Waals surface area contributed by atoms with Gasteiger partial charge in [0.05, 0.1) is 12.6 Å². The van der Waals surface area contributed by atoms with Gasteiger partial charge < -0.3 is 25.4 Å². The lowest BCUT2D eigenvalue weighted by Gasteiger charge is -2.24. The number of hydrogen-bond acceptors (Lipinski definition) is 5. The van der Waals surface area contributed by atoms with Crippen LogP contribution >= 0.6 is 0 Å². The van der Waals surface area contributed by atoms with Crippen LogP contribution in [0.1, 0.15) is 31.4 Å². The smallest absolute Gasteiger partial charge is 0.407 e. The molecule has 0 aromatic heterocycles. The second kappa shape index (κ2) is 12.7. The van der Waals surface area contributed by atoms with E-state index in [0.29, 0.717) is 19.4 Å². The number of carbonyl (C=O) groups is 3. The van der Waals surface area contributed by atoms with E-state index in [1.807, 2.05) is 74.5 Å². The third-order valence-electron chi connectivity index (χ3n) is 5.40. The van der Waals surface area contributed by atoms with Crippen LogP contribution in [-0.2, 0) is 32.1 Å². The van der Waals surface area contributed by atoms with Crippen molar-refractivity contribution in [3.8, 4) is 0 Å². The first kappa shape index (κ1) is 25.2. The number of rotatable bonds is 12. The van der Waals surface area contributed by atoms with Gasteiger partial charge in [0.15, 0.2) is 0 Å². The molecule has 3 atom stereocenters. The van der Waals surface area contributed by atoms with Gasteiger partial charge >= 0.3 is 6.09 Å². The minimum atomic E-state index is -0.716. The lowest BCUT2D eigenvalue weighted by atomic mass is 10.0. The molecule has 3 rings (SSSR count). The van der Waals surface area contributed by atoms with Crippen molar-refractivity contribution in [2.45, 2.75) is 51.5 Å².